The number of anilines is 3. The number of benzene rings is 2. The molecule has 2 aromatic heterocycles. The molecule has 0 unspecified atom stereocenters. The smallest absolute Gasteiger partial charge is 0.409 e. The van der Waals surface area contributed by atoms with E-state index >= 15 is 0 Å². The second-order valence-electron chi connectivity index (χ2n) is 17.2. The van der Waals surface area contributed by atoms with Gasteiger partial charge in [-0.1, -0.05) is 38.0 Å². The molecule has 0 spiro atoms. The number of nitrogens with one attached hydrogen (secondary N) is 2. The largest absolute Gasteiger partial charge is 0.496 e. The van der Waals surface area contributed by atoms with Gasteiger partial charge in [-0.3, -0.25) is 24.2 Å². The number of unbranched alkanes of at least 4 members (excludes halogenated alkanes) is 2. The molecule has 23 heteroatoms. The summed E-state index contributed by atoms with van der Waals surface area (Å²) in [4.78, 5) is 75.5. The van der Waals surface area contributed by atoms with Gasteiger partial charge < -0.3 is 69.9 Å². The van der Waals surface area contributed by atoms with Crippen LogP contribution < -0.4 is 25.8 Å². The Morgan fingerprint density at radius 2 is 1.74 bits per heavy atom. The van der Waals surface area contributed by atoms with E-state index in [1.807, 2.05) is 30.5 Å². The van der Waals surface area contributed by atoms with Crippen molar-refractivity contribution in [3.05, 3.63) is 78.0 Å². The fourth-order valence-electron chi connectivity index (χ4n) is 8.35. The van der Waals surface area contributed by atoms with Crippen LogP contribution in [0, 0.1) is 0 Å². The first-order valence-electron chi connectivity index (χ1n) is 22.9. The summed E-state index contributed by atoms with van der Waals surface area (Å²) in [5.74, 6) is -1.75. The van der Waals surface area contributed by atoms with Crippen molar-refractivity contribution in [3.8, 4) is 11.5 Å². The van der Waals surface area contributed by atoms with E-state index in [-0.39, 0.29) is 56.7 Å². The highest BCUT2D eigenvalue weighted by atomic mass is 16.7. The van der Waals surface area contributed by atoms with Crippen LogP contribution in [0.3, 0.4) is 0 Å². The number of carboxylic acids is 1. The Bertz CT molecular complexity index is 2550. The van der Waals surface area contributed by atoms with E-state index < -0.39 is 66.6 Å². The number of aliphatic carboxylic acids is 1. The highest BCUT2D eigenvalue weighted by Gasteiger charge is 2.65. The number of carboxylic acid groups (broad SMARTS) is 1. The van der Waals surface area contributed by atoms with Crippen molar-refractivity contribution in [1.29, 1.82) is 0 Å². The molecule has 2 fully saturated rings. The average molecular weight is 974 g/mol. The second kappa shape index (κ2) is 22.7. The number of aliphatic hydroxyl groups excluding tert-OH is 2. The topological polar surface area (TPSA) is 303 Å². The van der Waals surface area contributed by atoms with Gasteiger partial charge in [0.05, 0.1) is 45.4 Å². The van der Waals surface area contributed by atoms with Crippen LogP contribution in [0.25, 0.3) is 11.0 Å². The van der Waals surface area contributed by atoms with Gasteiger partial charge in [-0.2, -0.15) is 4.98 Å². The van der Waals surface area contributed by atoms with Crippen LogP contribution >= 0.6 is 0 Å². The third-order valence-electron chi connectivity index (χ3n) is 12.3. The molecule has 4 amide bonds. The van der Waals surface area contributed by atoms with E-state index in [0.717, 1.165) is 65.0 Å². The molecule has 0 radical (unpaired) electrons. The van der Waals surface area contributed by atoms with Crippen LogP contribution in [0.1, 0.15) is 43.7 Å². The van der Waals surface area contributed by atoms with E-state index in [0.29, 0.717) is 37.7 Å². The van der Waals surface area contributed by atoms with Crippen molar-refractivity contribution in [2.45, 2.75) is 69.3 Å². The first-order valence-corrected chi connectivity index (χ1v) is 22.9. The summed E-state index contributed by atoms with van der Waals surface area (Å²) in [6, 6.07) is 13.5. The minimum atomic E-state index is -2.86. The lowest BCUT2D eigenvalue weighted by molar-refractivity contribution is -0.326. The molecule has 70 heavy (non-hydrogen) atoms. The number of fused-ring (bicyclic) bond motifs is 1. The number of aromatic nitrogens is 3. The molecule has 5 heterocycles. The molecular formula is C47H59N9O14. The maximum Gasteiger partial charge on any atom is 0.409 e. The van der Waals surface area contributed by atoms with Crippen LogP contribution in [0.4, 0.5) is 22.2 Å². The number of carbonyl (C=O) groups excluding carboxylic acids is 4. The van der Waals surface area contributed by atoms with E-state index in [4.69, 9.17) is 29.4 Å². The summed E-state index contributed by atoms with van der Waals surface area (Å²) in [5.41, 5.74) is 4.12. The van der Waals surface area contributed by atoms with Crippen LogP contribution in [0.5, 0.6) is 11.5 Å². The number of hydrogen-bond donors (Lipinski definition) is 7. The number of rotatable bonds is 22. The number of piperazine rings is 1. The Hall–Kier alpha value is -6.89. The Morgan fingerprint density at radius 1 is 0.971 bits per heavy atom. The lowest BCUT2D eigenvalue weighted by atomic mass is 9.81. The molecule has 2 saturated heterocycles. The monoisotopic (exact) mass is 973 g/mol. The lowest BCUT2D eigenvalue weighted by Gasteiger charge is -2.48. The average Bonchev–Trinajstić information content (AvgIpc) is 3.90. The molecule has 376 valence electrons. The van der Waals surface area contributed by atoms with E-state index in [1.165, 1.54) is 29.2 Å². The summed E-state index contributed by atoms with van der Waals surface area (Å²) in [5, 5.41) is 50.1. The predicted octanol–water partition coefficient (Wildman–Crippen LogP) is 1.54. The molecule has 7 rings (SSSR count). The Kier molecular flexibility index (Phi) is 16.5. The number of aliphatic hydroxyl groups is 3. The molecule has 2 aromatic carbocycles. The van der Waals surface area contributed by atoms with Crippen molar-refractivity contribution >= 4 is 58.3 Å². The van der Waals surface area contributed by atoms with Gasteiger partial charge in [-0.05, 0) is 36.2 Å². The van der Waals surface area contributed by atoms with Crippen molar-refractivity contribution in [2.75, 3.05) is 89.2 Å². The van der Waals surface area contributed by atoms with Gasteiger partial charge in [0.1, 0.15) is 36.3 Å². The zero-order valence-electron chi connectivity index (χ0n) is 39.0. The summed E-state index contributed by atoms with van der Waals surface area (Å²) in [6.45, 7) is 3.36. The maximum atomic E-state index is 13.3. The highest BCUT2D eigenvalue weighted by molar-refractivity contribution is 6.12. The number of nitrogens with zero attached hydrogens (tertiary/aromatic N) is 6. The molecule has 8 N–H and O–H groups in total. The third kappa shape index (κ3) is 11.7. The SMILES string of the molecule is CCCCCNc1nc(N)nc2ccn(Cc3ccc(CN4CCN(C(=O)OC[C@@]5(O)[C@@H](O)[C@@](Oc6cccc(NC(=O)CCOCCN7C(=O)C=CC7=O)c6)(C(=O)O)CO[C@@H]5O)CC4)cc3OC)c12. The number of ether oxygens (including phenoxy) is 5. The zero-order chi connectivity index (χ0) is 50.0. The fourth-order valence-corrected chi connectivity index (χ4v) is 8.35. The first kappa shape index (κ1) is 51.0. The van der Waals surface area contributed by atoms with E-state index in [9.17, 15) is 44.4 Å². The van der Waals surface area contributed by atoms with Crippen LogP contribution in [0.2, 0.25) is 0 Å². The Morgan fingerprint density at radius 3 is 2.47 bits per heavy atom. The van der Waals surface area contributed by atoms with Crippen molar-refractivity contribution in [3.63, 3.8) is 0 Å². The molecule has 23 nitrogen and oxygen atoms in total. The summed E-state index contributed by atoms with van der Waals surface area (Å²) in [6.07, 6.45) is 1.89. The van der Waals surface area contributed by atoms with Crippen molar-refractivity contribution < 1.29 is 68.1 Å². The van der Waals surface area contributed by atoms with Gasteiger partial charge >= 0.3 is 12.1 Å². The van der Waals surface area contributed by atoms with Crippen molar-refractivity contribution in [1.82, 2.24) is 29.2 Å². The molecule has 3 aliphatic heterocycles. The van der Waals surface area contributed by atoms with Gasteiger partial charge in [0.25, 0.3) is 17.4 Å². The maximum absolute atomic E-state index is 13.3. The molecule has 0 saturated carbocycles. The molecule has 0 bridgehead atoms. The lowest BCUT2D eigenvalue weighted by Crippen LogP contribution is -2.74. The summed E-state index contributed by atoms with van der Waals surface area (Å²) >= 11 is 0. The molecular weight excluding hydrogens is 915 g/mol. The number of imide groups is 1. The minimum absolute atomic E-state index is 0.0188. The van der Waals surface area contributed by atoms with E-state index in [1.54, 1.807) is 7.11 Å². The number of hydrogen-bond acceptors (Lipinski definition) is 18. The molecule has 0 aliphatic carbocycles. The van der Waals surface area contributed by atoms with Gasteiger partial charge in [-0.15, -0.1) is 0 Å². The minimum Gasteiger partial charge on any atom is -0.496 e. The van der Waals surface area contributed by atoms with Gasteiger partial charge in [-0.25, -0.2) is 14.6 Å². The second-order valence-corrected chi connectivity index (χ2v) is 17.2. The van der Waals surface area contributed by atoms with Gasteiger partial charge in [0.15, 0.2) is 17.7 Å². The summed E-state index contributed by atoms with van der Waals surface area (Å²) < 4.78 is 29.7. The first-order chi connectivity index (χ1) is 33.6. The Balaban J connectivity index is 0.897. The Labute approximate surface area is 402 Å². The fraction of sp³-hybridized carbons (Fsp3) is 0.468. The van der Waals surface area contributed by atoms with Crippen LogP contribution in [-0.4, -0.2) is 176 Å². The number of amides is 4. The predicted molar refractivity (Wildman–Crippen MR) is 251 cm³/mol. The number of nitrogens with two attached hydrogens (primary N) is 1. The van der Waals surface area contributed by atoms with Crippen molar-refractivity contribution in [2.24, 2.45) is 0 Å². The normalized spacial score (nSPS) is 21.6. The van der Waals surface area contributed by atoms with Crippen LogP contribution in [0.15, 0.2) is 66.9 Å². The molecule has 3 aliphatic rings. The third-order valence-corrected chi connectivity index (χ3v) is 12.3. The van der Waals surface area contributed by atoms with Gasteiger partial charge in [0.2, 0.25) is 11.9 Å². The number of carbonyl (C=O) groups is 5. The standard InChI is InChI=1S/C47H59N9O14/c1-3-4-5-15-49-40-39-34(51-44(48)52-40)13-16-55(39)27-31-10-9-30(24-35(31)66-2)26-53-17-19-54(20-18-53)45(64)69-28-46(65)41(60)47(42(61)62,29-68-43(46)63)70-33-8-6-7-32(25-33)50-36(57)14-22-67-23-21-56-37(58)11-12-38(56)59/h6-13,16,24-25,41,43,60,63,65H,3-5,14-15,17-23,26-29H2,1-2H3,(H,50,57)(H,61,62)(H3,48,49,51,52)/t41-,43+,46-,47-/m1/s1. The quantitative estimate of drug-likeness (QED) is 0.0434. The molecule has 4 aromatic rings. The van der Waals surface area contributed by atoms with Gasteiger partial charge in [0, 0.05) is 74.9 Å². The van der Waals surface area contributed by atoms with E-state index in [2.05, 4.69) is 37.0 Å². The summed E-state index contributed by atoms with van der Waals surface area (Å²) in [7, 11) is 1.62. The van der Waals surface area contributed by atoms with Crippen LogP contribution in [-0.2, 0) is 46.5 Å². The number of nitrogen functional groups attached to an aromatic ring is 1. The number of methoxy groups -OCH3 is 1. The highest BCUT2D eigenvalue weighted by Crippen LogP contribution is 2.37. The molecule has 4 atom stereocenters. The zero-order valence-corrected chi connectivity index (χ0v) is 39.0.